The minimum Gasteiger partial charge on any atom is -0.477 e. The van der Waals surface area contributed by atoms with Crippen molar-refractivity contribution in [2.45, 2.75) is 47.2 Å². The molecule has 0 aromatic carbocycles. The first kappa shape index (κ1) is 18.8. The van der Waals surface area contributed by atoms with Gasteiger partial charge in [-0.2, -0.15) is 0 Å². The smallest absolute Gasteiger partial charge is 0.218 e. The van der Waals surface area contributed by atoms with Gasteiger partial charge in [0, 0.05) is 18.3 Å². The molecule has 0 aliphatic carbocycles. The van der Waals surface area contributed by atoms with E-state index in [-0.39, 0.29) is 0 Å². The highest BCUT2D eigenvalue weighted by molar-refractivity contribution is 5.79. The minimum atomic E-state index is 0.478. The van der Waals surface area contributed by atoms with Crippen LogP contribution in [0.3, 0.4) is 0 Å². The molecule has 2 aromatic rings. The topological polar surface area (TPSA) is 84.6 Å². The Labute approximate surface area is 148 Å². The van der Waals surface area contributed by atoms with Crippen molar-refractivity contribution >= 4 is 5.96 Å². The Kier molecular flexibility index (Phi) is 7.25. The second-order valence-corrected chi connectivity index (χ2v) is 5.61. The molecule has 0 saturated heterocycles. The first-order chi connectivity index (χ1) is 12.1. The zero-order chi connectivity index (χ0) is 18.1. The van der Waals surface area contributed by atoms with Gasteiger partial charge < -0.3 is 19.8 Å². The summed E-state index contributed by atoms with van der Waals surface area (Å²) in [5.74, 6) is 2.82. The molecule has 0 saturated carbocycles. The van der Waals surface area contributed by atoms with E-state index >= 15 is 0 Å². The highest BCUT2D eigenvalue weighted by Crippen LogP contribution is 2.15. The van der Waals surface area contributed by atoms with Gasteiger partial charge in [0.05, 0.1) is 25.4 Å². The van der Waals surface area contributed by atoms with Crippen molar-refractivity contribution in [2.24, 2.45) is 4.99 Å². The normalized spacial score (nSPS) is 11.4. The predicted octanol–water partition coefficient (Wildman–Crippen LogP) is 2.73. The van der Waals surface area contributed by atoms with Crippen molar-refractivity contribution < 1.29 is 9.15 Å². The van der Waals surface area contributed by atoms with Gasteiger partial charge in [-0.05, 0) is 33.3 Å². The van der Waals surface area contributed by atoms with Gasteiger partial charge in [-0.1, -0.05) is 13.0 Å². The van der Waals surface area contributed by atoms with Crippen LogP contribution < -0.4 is 15.4 Å². The van der Waals surface area contributed by atoms with Crippen LogP contribution in [0.15, 0.2) is 27.7 Å². The summed E-state index contributed by atoms with van der Waals surface area (Å²) in [4.78, 5) is 13.3. The molecule has 7 nitrogen and oxygen atoms in total. The molecule has 0 amide bonds. The number of aliphatic imine (C=N–C) groups is 1. The van der Waals surface area contributed by atoms with Gasteiger partial charge in [-0.3, -0.25) is 0 Å². The van der Waals surface area contributed by atoms with Gasteiger partial charge in [-0.25, -0.2) is 15.0 Å². The van der Waals surface area contributed by atoms with E-state index in [1.54, 1.807) is 6.20 Å². The van der Waals surface area contributed by atoms with Gasteiger partial charge in [-0.15, -0.1) is 0 Å². The van der Waals surface area contributed by atoms with Crippen LogP contribution in [0.5, 0.6) is 5.88 Å². The van der Waals surface area contributed by atoms with Crippen molar-refractivity contribution in [2.75, 3.05) is 13.2 Å². The molecule has 0 bridgehead atoms. The van der Waals surface area contributed by atoms with Crippen molar-refractivity contribution in [3.8, 4) is 5.88 Å². The molecule has 0 spiro atoms. The maximum Gasteiger partial charge on any atom is 0.218 e. The fourth-order valence-corrected chi connectivity index (χ4v) is 2.15. The molecule has 0 atom stereocenters. The third-order valence-corrected chi connectivity index (χ3v) is 3.52. The average molecular weight is 345 g/mol. The molecule has 0 aliphatic heterocycles. The SMILES string of the molecule is CCCOc1ncccc1CN=C(NCC)NCc1nc(C)c(C)o1. The number of aryl methyl sites for hydroxylation is 2. The summed E-state index contributed by atoms with van der Waals surface area (Å²) in [5.41, 5.74) is 1.86. The lowest BCUT2D eigenvalue weighted by molar-refractivity contribution is 0.302. The summed E-state index contributed by atoms with van der Waals surface area (Å²) in [6.45, 7) is 10.3. The summed E-state index contributed by atoms with van der Waals surface area (Å²) in [7, 11) is 0. The largest absolute Gasteiger partial charge is 0.477 e. The first-order valence-corrected chi connectivity index (χ1v) is 8.65. The second-order valence-electron chi connectivity index (χ2n) is 5.61. The van der Waals surface area contributed by atoms with Crippen LogP contribution in [0, 0.1) is 13.8 Å². The lowest BCUT2D eigenvalue weighted by atomic mass is 10.3. The molecule has 0 unspecified atom stereocenters. The maximum absolute atomic E-state index is 5.68. The predicted molar refractivity (Wildman–Crippen MR) is 97.7 cm³/mol. The van der Waals surface area contributed by atoms with Crippen LogP contribution >= 0.6 is 0 Å². The van der Waals surface area contributed by atoms with E-state index in [0.29, 0.717) is 37.4 Å². The van der Waals surface area contributed by atoms with E-state index in [1.807, 2.05) is 32.9 Å². The number of hydrogen-bond acceptors (Lipinski definition) is 5. The van der Waals surface area contributed by atoms with Crippen molar-refractivity contribution in [1.82, 2.24) is 20.6 Å². The monoisotopic (exact) mass is 345 g/mol. The third kappa shape index (κ3) is 5.77. The summed E-state index contributed by atoms with van der Waals surface area (Å²) in [6, 6.07) is 3.87. The number of ether oxygens (including phenoxy) is 1. The summed E-state index contributed by atoms with van der Waals surface area (Å²) in [6.07, 6.45) is 2.67. The van der Waals surface area contributed by atoms with Crippen LogP contribution in [-0.2, 0) is 13.1 Å². The summed E-state index contributed by atoms with van der Waals surface area (Å²) < 4.78 is 11.3. The Morgan fingerprint density at radius 2 is 2.12 bits per heavy atom. The molecule has 0 aliphatic rings. The Hall–Kier alpha value is -2.57. The Morgan fingerprint density at radius 1 is 1.28 bits per heavy atom. The molecule has 2 aromatic heterocycles. The molecule has 0 radical (unpaired) electrons. The third-order valence-electron chi connectivity index (χ3n) is 3.52. The van der Waals surface area contributed by atoms with E-state index in [2.05, 4.69) is 32.5 Å². The lowest BCUT2D eigenvalue weighted by Gasteiger charge is -2.11. The number of nitrogens with zero attached hydrogens (tertiary/aromatic N) is 3. The fourth-order valence-electron chi connectivity index (χ4n) is 2.15. The van der Waals surface area contributed by atoms with Crippen LogP contribution in [0.25, 0.3) is 0 Å². The van der Waals surface area contributed by atoms with Gasteiger partial charge >= 0.3 is 0 Å². The molecule has 2 rings (SSSR count). The van der Waals surface area contributed by atoms with Gasteiger partial charge in [0.1, 0.15) is 5.76 Å². The number of hydrogen-bond donors (Lipinski definition) is 2. The molecule has 7 heteroatoms. The average Bonchev–Trinajstić information content (AvgIpc) is 2.94. The number of nitrogens with one attached hydrogen (secondary N) is 2. The molecule has 136 valence electrons. The molecule has 0 fully saturated rings. The van der Waals surface area contributed by atoms with Crippen LogP contribution in [-0.4, -0.2) is 29.1 Å². The van der Waals surface area contributed by atoms with Crippen molar-refractivity contribution in [1.29, 1.82) is 0 Å². The van der Waals surface area contributed by atoms with Crippen LogP contribution in [0.1, 0.15) is 43.2 Å². The summed E-state index contributed by atoms with van der Waals surface area (Å²) in [5, 5.41) is 6.45. The highest BCUT2D eigenvalue weighted by atomic mass is 16.5. The number of oxazole rings is 1. The Balaban J connectivity index is 2.01. The highest BCUT2D eigenvalue weighted by Gasteiger charge is 2.08. The number of pyridine rings is 1. The van der Waals surface area contributed by atoms with E-state index < -0.39 is 0 Å². The van der Waals surface area contributed by atoms with Crippen molar-refractivity contribution in [3.05, 3.63) is 41.2 Å². The standard InChI is InChI=1S/C18H27N5O2/c1-5-10-24-17-15(8-7-9-20-17)11-21-18(19-6-2)22-12-16-23-13(3)14(4)25-16/h7-9H,5-6,10-12H2,1-4H3,(H2,19,21,22). The number of aromatic nitrogens is 2. The Bertz CT molecular complexity index is 677. The quantitative estimate of drug-likeness (QED) is 0.565. The second kappa shape index (κ2) is 9.66. The van der Waals surface area contributed by atoms with Crippen LogP contribution in [0.2, 0.25) is 0 Å². The molecular formula is C18H27N5O2. The van der Waals surface area contributed by atoms with E-state index in [9.17, 15) is 0 Å². The number of rotatable bonds is 8. The lowest BCUT2D eigenvalue weighted by Crippen LogP contribution is -2.36. The van der Waals surface area contributed by atoms with Crippen molar-refractivity contribution in [3.63, 3.8) is 0 Å². The zero-order valence-corrected chi connectivity index (χ0v) is 15.4. The maximum atomic E-state index is 5.68. The van der Waals surface area contributed by atoms with E-state index in [4.69, 9.17) is 9.15 Å². The molecular weight excluding hydrogens is 318 g/mol. The van der Waals surface area contributed by atoms with Gasteiger partial charge in [0.2, 0.25) is 11.8 Å². The van der Waals surface area contributed by atoms with E-state index in [0.717, 1.165) is 30.0 Å². The zero-order valence-electron chi connectivity index (χ0n) is 15.4. The van der Waals surface area contributed by atoms with E-state index in [1.165, 1.54) is 0 Å². The Morgan fingerprint density at radius 3 is 2.80 bits per heavy atom. The molecule has 25 heavy (non-hydrogen) atoms. The van der Waals surface area contributed by atoms with Crippen LogP contribution in [0.4, 0.5) is 0 Å². The minimum absolute atomic E-state index is 0.478. The number of guanidine groups is 1. The molecule has 2 N–H and O–H groups in total. The molecule has 2 heterocycles. The van der Waals surface area contributed by atoms with Gasteiger partial charge in [0.25, 0.3) is 0 Å². The first-order valence-electron chi connectivity index (χ1n) is 8.65. The van der Waals surface area contributed by atoms with Gasteiger partial charge in [0.15, 0.2) is 5.96 Å². The summed E-state index contributed by atoms with van der Waals surface area (Å²) >= 11 is 0. The fraction of sp³-hybridized carbons (Fsp3) is 0.500.